The first-order chi connectivity index (χ1) is 10.8. The van der Waals surface area contributed by atoms with E-state index in [0.717, 1.165) is 12.6 Å². The quantitative estimate of drug-likeness (QED) is 0.399. The minimum atomic E-state index is 0. The molecule has 1 spiro atoms. The monoisotopic (exact) mass is 433 g/mol. The summed E-state index contributed by atoms with van der Waals surface area (Å²) in [6.45, 7) is 0.962. The molecule has 0 amide bonds. The van der Waals surface area contributed by atoms with Crippen LogP contribution in [0.3, 0.4) is 0 Å². The van der Waals surface area contributed by atoms with Crippen molar-refractivity contribution >= 4 is 29.9 Å². The van der Waals surface area contributed by atoms with Gasteiger partial charge < -0.3 is 15.4 Å². The normalized spacial score (nSPS) is 36.2. The second kappa shape index (κ2) is 7.46. The van der Waals surface area contributed by atoms with Gasteiger partial charge in [-0.25, -0.2) is 0 Å². The number of fused-ring (bicyclic) bond motifs is 2. The summed E-state index contributed by atoms with van der Waals surface area (Å²) < 4.78 is 6.08. The Kier molecular flexibility index (Phi) is 5.76. The molecule has 3 atom stereocenters. The summed E-state index contributed by atoms with van der Waals surface area (Å²) in [7, 11) is 1.92. The Hall–Kier alpha value is -0.0400. The van der Waals surface area contributed by atoms with Crippen LogP contribution in [0.1, 0.15) is 64.2 Å². The van der Waals surface area contributed by atoms with Gasteiger partial charge in [-0.2, -0.15) is 0 Å². The molecule has 4 fully saturated rings. The fourth-order valence-electron chi connectivity index (χ4n) is 5.66. The van der Waals surface area contributed by atoms with E-state index in [1.165, 1.54) is 64.2 Å². The minimum Gasteiger partial charge on any atom is -0.377 e. The molecule has 132 valence electrons. The van der Waals surface area contributed by atoms with E-state index in [-0.39, 0.29) is 24.0 Å². The number of hydrogen-bond acceptors (Lipinski definition) is 2. The van der Waals surface area contributed by atoms with Crippen LogP contribution >= 0.6 is 24.0 Å². The van der Waals surface area contributed by atoms with Gasteiger partial charge in [0, 0.05) is 37.1 Å². The molecule has 0 aromatic carbocycles. The standard InChI is InChI=1S/C18H31N3O.HI/c1-19-17(20-13-7-3-2-4-8-13)21-15-14-9-12-22-16(14)18(15)10-5-6-11-18;/h13-16H,2-12H2,1H3,(H2,19,20,21);1H. The van der Waals surface area contributed by atoms with Crippen LogP contribution in [-0.4, -0.2) is 37.8 Å². The average Bonchev–Trinajstić information content (AvgIpc) is 3.20. The van der Waals surface area contributed by atoms with E-state index in [1.807, 2.05) is 7.05 Å². The van der Waals surface area contributed by atoms with Crippen molar-refractivity contribution in [2.24, 2.45) is 16.3 Å². The summed E-state index contributed by atoms with van der Waals surface area (Å²) in [6, 6.07) is 1.20. The number of hydrogen-bond donors (Lipinski definition) is 2. The van der Waals surface area contributed by atoms with Gasteiger partial charge in [0.2, 0.25) is 0 Å². The summed E-state index contributed by atoms with van der Waals surface area (Å²) in [4.78, 5) is 4.53. The molecule has 3 aliphatic carbocycles. The maximum Gasteiger partial charge on any atom is 0.191 e. The number of halogens is 1. The van der Waals surface area contributed by atoms with Crippen molar-refractivity contribution in [1.82, 2.24) is 10.6 Å². The Morgan fingerprint density at radius 3 is 2.43 bits per heavy atom. The number of guanidine groups is 1. The van der Waals surface area contributed by atoms with Gasteiger partial charge in [-0.15, -0.1) is 24.0 Å². The number of ether oxygens (including phenoxy) is 1. The maximum absolute atomic E-state index is 6.08. The van der Waals surface area contributed by atoms with Crippen molar-refractivity contribution in [1.29, 1.82) is 0 Å². The molecule has 1 heterocycles. The summed E-state index contributed by atoms with van der Waals surface area (Å²) in [5.41, 5.74) is 0.408. The van der Waals surface area contributed by atoms with Crippen molar-refractivity contribution in [2.45, 2.75) is 82.4 Å². The van der Waals surface area contributed by atoms with Gasteiger partial charge in [0.1, 0.15) is 0 Å². The summed E-state index contributed by atoms with van der Waals surface area (Å²) >= 11 is 0. The van der Waals surface area contributed by atoms with Crippen LogP contribution in [0.15, 0.2) is 4.99 Å². The molecule has 5 heteroatoms. The Morgan fingerprint density at radius 2 is 1.74 bits per heavy atom. The van der Waals surface area contributed by atoms with Crippen molar-refractivity contribution in [3.8, 4) is 0 Å². The van der Waals surface area contributed by atoms with E-state index in [0.29, 0.717) is 29.5 Å². The van der Waals surface area contributed by atoms with E-state index in [1.54, 1.807) is 0 Å². The maximum atomic E-state index is 6.08. The highest BCUT2D eigenvalue weighted by atomic mass is 127. The SMILES string of the molecule is CN=C(NC1CCCCC1)NC1C2CCOC2C12CCCC2.I. The minimum absolute atomic E-state index is 0. The van der Waals surface area contributed by atoms with Gasteiger partial charge in [0.25, 0.3) is 0 Å². The fourth-order valence-corrected chi connectivity index (χ4v) is 5.66. The van der Waals surface area contributed by atoms with Crippen molar-refractivity contribution in [3.63, 3.8) is 0 Å². The largest absolute Gasteiger partial charge is 0.377 e. The van der Waals surface area contributed by atoms with E-state index in [9.17, 15) is 0 Å². The molecule has 23 heavy (non-hydrogen) atoms. The first-order valence-corrected chi connectivity index (χ1v) is 9.45. The summed E-state index contributed by atoms with van der Waals surface area (Å²) in [5, 5.41) is 7.50. The molecule has 0 radical (unpaired) electrons. The van der Waals surface area contributed by atoms with E-state index >= 15 is 0 Å². The highest BCUT2D eigenvalue weighted by molar-refractivity contribution is 14.0. The molecule has 3 saturated carbocycles. The first-order valence-electron chi connectivity index (χ1n) is 9.45. The van der Waals surface area contributed by atoms with Gasteiger partial charge in [0.05, 0.1) is 6.10 Å². The highest BCUT2D eigenvalue weighted by Gasteiger charge is 2.65. The number of nitrogens with one attached hydrogen (secondary N) is 2. The lowest BCUT2D eigenvalue weighted by molar-refractivity contribution is -0.125. The van der Waals surface area contributed by atoms with E-state index in [4.69, 9.17) is 4.74 Å². The fraction of sp³-hybridized carbons (Fsp3) is 0.944. The molecular weight excluding hydrogens is 401 g/mol. The lowest BCUT2D eigenvalue weighted by Crippen LogP contribution is -2.69. The zero-order valence-corrected chi connectivity index (χ0v) is 16.7. The molecule has 0 aromatic heterocycles. The Balaban J connectivity index is 0.00000156. The number of rotatable bonds is 2. The Labute approximate surface area is 157 Å². The van der Waals surface area contributed by atoms with Crippen LogP contribution in [0.2, 0.25) is 0 Å². The molecule has 0 aromatic rings. The van der Waals surface area contributed by atoms with Gasteiger partial charge in [-0.05, 0) is 32.1 Å². The smallest absolute Gasteiger partial charge is 0.191 e. The Morgan fingerprint density at radius 1 is 1.00 bits per heavy atom. The third-order valence-corrected chi connectivity index (χ3v) is 6.75. The topological polar surface area (TPSA) is 45.7 Å². The molecule has 4 rings (SSSR count). The second-order valence-electron chi connectivity index (χ2n) is 7.86. The molecule has 1 saturated heterocycles. The third-order valence-electron chi connectivity index (χ3n) is 6.75. The predicted molar refractivity (Wildman–Crippen MR) is 104 cm³/mol. The third kappa shape index (κ3) is 3.12. The van der Waals surface area contributed by atoms with Crippen LogP contribution < -0.4 is 10.6 Å². The number of nitrogens with zero attached hydrogens (tertiary/aromatic N) is 1. The second-order valence-corrected chi connectivity index (χ2v) is 7.86. The van der Waals surface area contributed by atoms with Crippen LogP contribution in [0.4, 0.5) is 0 Å². The zero-order chi connectivity index (χ0) is 15.0. The zero-order valence-electron chi connectivity index (χ0n) is 14.4. The predicted octanol–water partition coefficient (Wildman–Crippen LogP) is 3.45. The molecule has 2 N–H and O–H groups in total. The van der Waals surface area contributed by atoms with Crippen LogP contribution in [0.25, 0.3) is 0 Å². The summed E-state index contributed by atoms with van der Waals surface area (Å²) in [6.07, 6.45) is 13.9. The first kappa shape index (κ1) is 17.8. The van der Waals surface area contributed by atoms with Crippen LogP contribution in [0, 0.1) is 11.3 Å². The van der Waals surface area contributed by atoms with Crippen LogP contribution in [-0.2, 0) is 4.74 Å². The average molecular weight is 433 g/mol. The van der Waals surface area contributed by atoms with Crippen molar-refractivity contribution in [3.05, 3.63) is 0 Å². The molecule has 3 unspecified atom stereocenters. The molecule has 4 nitrogen and oxygen atoms in total. The Bertz CT molecular complexity index is 430. The number of aliphatic imine (C=N–C) groups is 1. The molecule has 0 bridgehead atoms. The van der Waals surface area contributed by atoms with Crippen LogP contribution in [0.5, 0.6) is 0 Å². The van der Waals surface area contributed by atoms with Crippen molar-refractivity contribution in [2.75, 3.05) is 13.7 Å². The van der Waals surface area contributed by atoms with Gasteiger partial charge in [-0.1, -0.05) is 32.1 Å². The molecular formula is C18H32IN3O. The summed E-state index contributed by atoms with van der Waals surface area (Å²) in [5.74, 6) is 1.75. The molecule has 1 aliphatic heterocycles. The van der Waals surface area contributed by atoms with E-state index in [2.05, 4.69) is 15.6 Å². The van der Waals surface area contributed by atoms with Gasteiger partial charge >= 0.3 is 0 Å². The lowest BCUT2D eigenvalue weighted by Gasteiger charge is -2.57. The van der Waals surface area contributed by atoms with E-state index < -0.39 is 0 Å². The highest BCUT2D eigenvalue weighted by Crippen LogP contribution is 2.60. The van der Waals surface area contributed by atoms with Gasteiger partial charge in [-0.3, -0.25) is 4.99 Å². The molecule has 4 aliphatic rings. The lowest BCUT2D eigenvalue weighted by atomic mass is 9.54. The van der Waals surface area contributed by atoms with Crippen molar-refractivity contribution < 1.29 is 4.74 Å². The van der Waals surface area contributed by atoms with Gasteiger partial charge in [0.15, 0.2) is 5.96 Å².